The second kappa shape index (κ2) is 6.63. The predicted molar refractivity (Wildman–Crippen MR) is 108 cm³/mol. The minimum atomic E-state index is -3.49. The van der Waals surface area contributed by atoms with E-state index in [0.29, 0.717) is 16.7 Å². The zero-order valence-corrected chi connectivity index (χ0v) is 16.7. The van der Waals surface area contributed by atoms with Crippen molar-refractivity contribution in [1.82, 2.24) is 10.3 Å². The largest absolute Gasteiger partial charge is 0.437 e. The Morgan fingerprint density at radius 1 is 1.21 bits per heavy atom. The molecule has 1 fully saturated rings. The number of fused-ring (bicyclic) bond motifs is 1. The van der Waals surface area contributed by atoms with Gasteiger partial charge in [0.25, 0.3) is 5.91 Å². The van der Waals surface area contributed by atoms with E-state index >= 15 is 0 Å². The zero-order valence-electron chi connectivity index (χ0n) is 15.9. The van der Waals surface area contributed by atoms with Crippen molar-refractivity contribution in [1.29, 1.82) is 0 Å². The van der Waals surface area contributed by atoms with Gasteiger partial charge < -0.3 is 9.73 Å². The van der Waals surface area contributed by atoms with Crippen LogP contribution in [0.5, 0.6) is 0 Å². The van der Waals surface area contributed by atoms with Crippen LogP contribution in [0.1, 0.15) is 40.2 Å². The number of amides is 1. The minimum absolute atomic E-state index is 0.227. The highest BCUT2D eigenvalue weighted by atomic mass is 32.2. The molecule has 2 N–H and O–H groups in total. The van der Waals surface area contributed by atoms with Crippen LogP contribution >= 0.6 is 0 Å². The summed E-state index contributed by atoms with van der Waals surface area (Å²) >= 11 is 0. The third-order valence-electron chi connectivity index (χ3n) is 4.78. The first-order valence-corrected chi connectivity index (χ1v) is 10.9. The summed E-state index contributed by atoms with van der Waals surface area (Å²) in [6.45, 7) is 1.98. The number of nitrogens with zero attached hydrogens (tertiary/aromatic N) is 1. The molecule has 1 aromatic carbocycles. The molecule has 2 heterocycles. The molecule has 0 aliphatic heterocycles. The SMILES string of the molecule is CNC(=O)c1c(-c2ccc(C)cc2)oc2nc(NS(C)(=O)=O)c(C3CC3)cc12. The lowest BCUT2D eigenvalue weighted by molar-refractivity contribution is 0.0964. The number of carbonyl (C=O) groups is 1. The summed E-state index contributed by atoms with van der Waals surface area (Å²) in [4.78, 5) is 17.1. The van der Waals surface area contributed by atoms with Gasteiger partial charge in [-0.2, -0.15) is 4.98 Å². The van der Waals surface area contributed by atoms with Crippen molar-refractivity contribution < 1.29 is 17.6 Å². The molecule has 7 nitrogen and oxygen atoms in total. The zero-order chi connectivity index (χ0) is 20.1. The second-order valence-corrected chi connectivity index (χ2v) is 8.93. The number of sulfonamides is 1. The number of rotatable bonds is 5. The topological polar surface area (TPSA) is 101 Å². The van der Waals surface area contributed by atoms with Crippen LogP contribution in [0.4, 0.5) is 5.82 Å². The Kier molecular flexibility index (Phi) is 4.38. The van der Waals surface area contributed by atoms with E-state index in [1.54, 1.807) is 7.05 Å². The summed E-state index contributed by atoms with van der Waals surface area (Å²) in [6.07, 6.45) is 3.01. The number of furan rings is 1. The van der Waals surface area contributed by atoms with Gasteiger partial charge in [0.2, 0.25) is 15.7 Å². The van der Waals surface area contributed by atoms with E-state index in [1.807, 2.05) is 37.3 Å². The van der Waals surface area contributed by atoms with Crippen LogP contribution in [0.25, 0.3) is 22.4 Å². The maximum Gasteiger partial charge on any atom is 0.255 e. The number of aromatic nitrogens is 1. The lowest BCUT2D eigenvalue weighted by atomic mass is 10.0. The van der Waals surface area contributed by atoms with Gasteiger partial charge in [0.15, 0.2) is 0 Å². The smallest absolute Gasteiger partial charge is 0.255 e. The molecule has 8 heteroatoms. The Bertz CT molecular complexity index is 1180. The van der Waals surface area contributed by atoms with Gasteiger partial charge >= 0.3 is 0 Å². The van der Waals surface area contributed by atoms with Gasteiger partial charge in [-0.15, -0.1) is 0 Å². The van der Waals surface area contributed by atoms with Crippen molar-refractivity contribution >= 4 is 32.8 Å². The summed E-state index contributed by atoms with van der Waals surface area (Å²) in [5, 5.41) is 3.24. The Labute approximate surface area is 163 Å². The molecule has 0 spiro atoms. The van der Waals surface area contributed by atoms with Gasteiger partial charge in [0.05, 0.1) is 17.2 Å². The summed E-state index contributed by atoms with van der Waals surface area (Å²) in [7, 11) is -1.92. The van der Waals surface area contributed by atoms with Crippen LogP contribution < -0.4 is 10.0 Å². The van der Waals surface area contributed by atoms with Crippen LogP contribution in [0.3, 0.4) is 0 Å². The van der Waals surface area contributed by atoms with Crippen molar-refractivity contribution in [3.8, 4) is 11.3 Å². The van der Waals surface area contributed by atoms with Crippen molar-refractivity contribution in [3.63, 3.8) is 0 Å². The number of benzene rings is 1. The monoisotopic (exact) mass is 399 g/mol. The Balaban J connectivity index is 1.97. The molecule has 0 unspecified atom stereocenters. The molecule has 1 aliphatic carbocycles. The maximum atomic E-state index is 12.6. The lowest BCUT2D eigenvalue weighted by Gasteiger charge is -2.09. The van der Waals surface area contributed by atoms with Crippen LogP contribution in [0, 0.1) is 6.92 Å². The molecule has 1 aliphatic rings. The molecule has 0 atom stereocenters. The summed E-state index contributed by atoms with van der Waals surface area (Å²) in [5.41, 5.74) is 3.27. The second-order valence-electron chi connectivity index (χ2n) is 7.18. The van der Waals surface area contributed by atoms with Crippen LogP contribution in [-0.2, 0) is 10.0 Å². The van der Waals surface area contributed by atoms with Crippen molar-refractivity contribution in [3.05, 3.63) is 47.0 Å². The van der Waals surface area contributed by atoms with E-state index in [1.165, 1.54) is 0 Å². The molecule has 146 valence electrons. The molecule has 2 aromatic heterocycles. The first-order valence-electron chi connectivity index (χ1n) is 9.01. The molecule has 0 bridgehead atoms. The summed E-state index contributed by atoms with van der Waals surface area (Å²) in [5.74, 6) is 0.642. The Morgan fingerprint density at radius 2 is 1.89 bits per heavy atom. The molecule has 1 amide bonds. The van der Waals surface area contributed by atoms with Crippen LogP contribution in [0.15, 0.2) is 34.7 Å². The van der Waals surface area contributed by atoms with Gasteiger partial charge in [-0.1, -0.05) is 29.8 Å². The molecule has 0 saturated heterocycles. The number of carbonyl (C=O) groups excluding carboxylic acids is 1. The number of aryl methyl sites for hydroxylation is 1. The predicted octanol–water partition coefficient (Wildman–Crippen LogP) is 3.41. The van der Waals surface area contributed by atoms with Gasteiger partial charge in [-0.05, 0) is 37.3 Å². The van der Waals surface area contributed by atoms with E-state index in [2.05, 4.69) is 15.0 Å². The molecular weight excluding hydrogens is 378 g/mol. The normalized spacial score (nSPS) is 14.2. The van der Waals surface area contributed by atoms with Crippen molar-refractivity contribution in [2.24, 2.45) is 0 Å². The number of nitrogens with one attached hydrogen (secondary N) is 2. The highest BCUT2D eigenvalue weighted by Gasteiger charge is 2.31. The Morgan fingerprint density at radius 3 is 2.46 bits per heavy atom. The third kappa shape index (κ3) is 3.47. The van der Waals surface area contributed by atoms with Gasteiger partial charge in [0, 0.05) is 12.6 Å². The first kappa shape index (κ1) is 18.5. The van der Waals surface area contributed by atoms with Crippen LogP contribution in [-0.4, -0.2) is 32.6 Å². The number of hydrogen-bond donors (Lipinski definition) is 2. The quantitative estimate of drug-likeness (QED) is 0.685. The molecule has 4 rings (SSSR count). The molecule has 0 radical (unpaired) electrons. The van der Waals surface area contributed by atoms with Crippen molar-refractivity contribution in [2.45, 2.75) is 25.7 Å². The molecule has 3 aromatic rings. The number of pyridine rings is 1. The van der Waals surface area contributed by atoms with E-state index in [4.69, 9.17) is 4.42 Å². The number of anilines is 1. The fourth-order valence-corrected chi connectivity index (χ4v) is 3.78. The fourth-order valence-electron chi connectivity index (χ4n) is 3.26. The minimum Gasteiger partial charge on any atom is -0.437 e. The maximum absolute atomic E-state index is 12.6. The first-order chi connectivity index (χ1) is 13.3. The average Bonchev–Trinajstić information content (AvgIpc) is 3.41. The fraction of sp³-hybridized carbons (Fsp3) is 0.300. The Hall–Kier alpha value is -2.87. The summed E-state index contributed by atoms with van der Waals surface area (Å²) in [6, 6.07) is 9.48. The van der Waals surface area contributed by atoms with Gasteiger partial charge in [-0.3, -0.25) is 9.52 Å². The molecular formula is C20H21N3O4S. The molecule has 28 heavy (non-hydrogen) atoms. The highest BCUT2D eigenvalue weighted by Crippen LogP contribution is 2.45. The van der Waals surface area contributed by atoms with Gasteiger partial charge in [-0.25, -0.2) is 8.42 Å². The van der Waals surface area contributed by atoms with Crippen molar-refractivity contribution in [2.75, 3.05) is 18.0 Å². The van der Waals surface area contributed by atoms with Gasteiger partial charge in [0.1, 0.15) is 11.6 Å². The lowest BCUT2D eigenvalue weighted by Crippen LogP contribution is -2.18. The van der Waals surface area contributed by atoms with E-state index < -0.39 is 10.0 Å². The van der Waals surface area contributed by atoms with E-state index in [9.17, 15) is 13.2 Å². The van der Waals surface area contributed by atoms with Crippen LogP contribution in [0.2, 0.25) is 0 Å². The highest BCUT2D eigenvalue weighted by molar-refractivity contribution is 7.92. The standard InChI is InChI=1S/C20H21N3O4S/c1-11-4-6-13(7-5-11)17-16(19(24)21-2)15-10-14(12-8-9-12)18(22-20(15)27-17)23-28(3,25)26/h4-7,10,12H,8-9H2,1-3H3,(H,21,24)(H,22,23). The number of hydrogen-bond acceptors (Lipinski definition) is 5. The van der Waals surface area contributed by atoms with E-state index in [-0.39, 0.29) is 23.4 Å². The molecule has 1 saturated carbocycles. The van der Waals surface area contributed by atoms with E-state index in [0.717, 1.165) is 35.8 Å². The average molecular weight is 399 g/mol. The summed E-state index contributed by atoms with van der Waals surface area (Å²) < 4.78 is 32.0. The third-order valence-corrected chi connectivity index (χ3v) is 5.34.